The Bertz CT molecular complexity index is 132. The molecule has 0 radical (unpaired) electrons. The fourth-order valence-electron chi connectivity index (χ4n) is 0.938. The van der Waals surface area contributed by atoms with Crippen LogP contribution in [0.1, 0.15) is 27.2 Å². The average Bonchev–Trinajstić information content (AvgIpc) is 2.02. The Morgan fingerprint density at radius 2 is 2.09 bits per heavy atom. The molecule has 0 bridgehead atoms. The van der Waals surface area contributed by atoms with Gasteiger partial charge in [-0.25, -0.2) is 4.39 Å². The Morgan fingerprint density at radius 1 is 1.55 bits per heavy atom. The van der Waals surface area contributed by atoms with Crippen molar-refractivity contribution in [2.24, 2.45) is 5.92 Å². The molecule has 0 spiro atoms. The molecule has 66 valence electrons. The Kier molecular flexibility index (Phi) is 4.92. The summed E-state index contributed by atoms with van der Waals surface area (Å²) in [6.45, 7) is 6.90. The smallest absolute Gasteiger partial charge is 0.119 e. The lowest BCUT2D eigenvalue weighted by Crippen LogP contribution is -2.21. The maximum atomic E-state index is 12.6. The van der Waals surface area contributed by atoms with Gasteiger partial charge >= 0.3 is 0 Å². The molecule has 0 aliphatic carbocycles. The standard InChI is InChI=1S/C7H12FN.C2H6/c1-6-3-4-9(2)5-7(6)8;1-2/h5-6H,3-4H2,1-2H3;1-2H3. The van der Waals surface area contributed by atoms with Gasteiger partial charge < -0.3 is 4.90 Å². The summed E-state index contributed by atoms with van der Waals surface area (Å²) in [7, 11) is 1.89. The maximum Gasteiger partial charge on any atom is 0.119 e. The summed E-state index contributed by atoms with van der Waals surface area (Å²) in [6.07, 6.45) is 2.52. The molecular weight excluding hydrogens is 141 g/mol. The van der Waals surface area contributed by atoms with Crippen LogP contribution in [-0.2, 0) is 0 Å². The van der Waals surface area contributed by atoms with Crippen molar-refractivity contribution in [3.05, 3.63) is 12.0 Å². The van der Waals surface area contributed by atoms with Crippen molar-refractivity contribution in [1.82, 2.24) is 4.90 Å². The first kappa shape index (κ1) is 10.5. The molecule has 0 N–H and O–H groups in total. The van der Waals surface area contributed by atoms with Crippen molar-refractivity contribution in [2.45, 2.75) is 27.2 Å². The van der Waals surface area contributed by atoms with E-state index in [1.54, 1.807) is 6.20 Å². The highest BCUT2D eigenvalue weighted by Crippen LogP contribution is 2.20. The molecule has 0 aromatic rings. The average molecular weight is 159 g/mol. The molecule has 0 saturated carbocycles. The third-order valence-electron chi connectivity index (χ3n) is 1.73. The van der Waals surface area contributed by atoms with Crippen molar-refractivity contribution in [3.63, 3.8) is 0 Å². The van der Waals surface area contributed by atoms with Crippen LogP contribution in [0.3, 0.4) is 0 Å². The molecule has 1 nitrogen and oxygen atoms in total. The van der Waals surface area contributed by atoms with E-state index in [-0.39, 0.29) is 11.7 Å². The molecule has 2 heteroatoms. The van der Waals surface area contributed by atoms with Crippen molar-refractivity contribution >= 4 is 0 Å². The summed E-state index contributed by atoms with van der Waals surface area (Å²) in [5.74, 6) is 0.157. The number of nitrogens with zero attached hydrogens (tertiary/aromatic N) is 1. The van der Waals surface area contributed by atoms with Gasteiger partial charge in [0.15, 0.2) is 0 Å². The van der Waals surface area contributed by atoms with E-state index in [1.807, 2.05) is 32.7 Å². The lowest BCUT2D eigenvalue weighted by Gasteiger charge is -2.22. The molecule has 1 unspecified atom stereocenters. The minimum Gasteiger partial charge on any atom is -0.378 e. The van der Waals surface area contributed by atoms with Gasteiger partial charge in [-0.1, -0.05) is 20.8 Å². The fraction of sp³-hybridized carbons (Fsp3) is 0.778. The predicted octanol–water partition coefficient (Wildman–Crippen LogP) is 2.80. The van der Waals surface area contributed by atoms with Gasteiger partial charge in [0, 0.05) is 25.7 Å². The summed E-state index contributed by atoms with van der Waals surface area (Å²) >= 11 is 0. The van der Waals surface area contributed by atoms with Crippen LogP contribution in [0.5, 0.6) is 0 Å². The van der Waals surface area contributed by atoms with Crippen LogP contribution in [-0.4, -0.2) is 18.5 Å². The van der Waals surface area contributed by atoms with Crippen molar-refractivity contribution in [3.8, 4) is 0 Å². The Labute approximate surface area is 68.9 Å². The number of hydrogen-bond acceptors (Lipinski definition) is 1. The molecule has 1 atom stereocenters. The summed E-state index contributed by atoms with van der Waals surface area (Å²) < 4.78 is 12.6. The van der Waals surface area contributed by atoms with Crippen LogP contribution >= 0.6 is 0 Å². The quantitative estimate of drug-likeness (QED) is 0.525. The van der Waals surface area contributed by atoms with Crippen LogP contribution < -0.4 is 0 Å². The van der Waals surface area contributed by atoms with E-state index >= 15 is 0 Å². The van der Waals surface area contributed by atoms with E-state index in [1.165, 1.54) is 0 Å². The number of halogens is 1. The van der Waals surface area contributed by atoms with Crippen LogP contribution in [0.15, 0.2) is 12.0 Å². The molecule has 0 fully saturated rings. The van der Waals surface area contributed by atoms with Crippen LogP contribution in [0.25, 0.3) is 0 Å². The van der Waals surface area contributed by atoms with Crippen molar-refractivity contribution in [1.29, 1.82) is 0 Å². The highest BCUT2D eigenvalue weighted by Gasteiger charge is 2.13. The molecule has 1 rings (SSSR count). The first-order valence-corrected chi connectivity index (χ1v) is 4.27. The lowest BCUT2D eigenvalue weighted by molar-refractivity contribution is 0.326. The molecule has 1 aliphatic heterocycles. The van der Waals surface area contributed by atoms with Gasteiger partial charge in [-0.3, -0.25) is 0 Å². The molecule has 0 aromatic heterocycles. The Hall–Kier alpha value is -0.530. The first-order chi connectivity index (χ1) is 5.20. The highest BCUT2D eigenvalue weighted by atomic mass is 19.1. The van der Waals surface area contributed by atoms with E-state index in [4.69, 9.17) is 0 Å². The Morgan fingerprint density at radius 3 is 2.45 bits per heavy atom. The zero-order chi connectivity index (χ0) is 8.85. The molecule has 1 aliphatic rings. The first-order valence-electron chi connectivity index (χ1n) is 4.27. The van der Waals surface area contributed by atoms with E-state index in [9.17, 15) is 4.39 Å². The van der Waals surface area contributed by atoms with Gasteiger partial charge in [0.2, 0.25) is 0 Å². The monoisotopic (exact) mass is 159 g/mol. The maximum absolute atomic E-state index is 12.6. The molecular formula is C9H18FN. The van der Waals surface area contributed by atoms with Gasteiger partial charge in [0.1, 0.15) is 5.83 Å². The van der Waals surface area contributed by atoms with Crippen LogP contribution in [0.2, 0.25) is 0 Å². The Balaban J connectivity index is 0.000000461. The zero-order valence-corrected chi connectivity index (χ0v) is 7.89. The third kappa shape index (κ3) is 3.40. The van der Waals surface area contributed by atoms with Gasteiger partial charge in [0.25, 0.3) is 0 Å². The van der Waals surface area contributed by atoms with E-state index < -0.39 is 0 Å². The van der Waals surface area contributed by atoms with Gasteiger partial charge in [-0.15, -0.1) is 0 Å². The summed E-state index contributed by atoms with van der Waals surface area (Å²) in [6, 6.07) is 0. The molecule has 0 saturated heterocycles. The molecule has 0 amide bonds. The zero-order valence-electron chi connectivity index (χ0n) is 7.89. The summed E-state index contributed by atoms with van der Waals surface area (Å²) in [4.78, 5) is 1.88. The number of hydrogen-bond donors (Lipinski definition) is 0. The SMILES string of the molecule is CC.CC1CCN(C)C=C1F. The third-order valence-corrected chi connectivity index (χ3v) is 1.73. The number of rotatable bonds is 0. The largest absolute Gasteiger partial charge is 0.378 e. The second-order valence-electron chi connectivity index (χ2n) is 2.68. The van der Waals surface area contributed by atoms with E-state index in [2.05, 4.69) is 0 Å². The van der Waals surface area contributed by atoms with E-state index in [0.717, 1.165) is 13.0 Å². The number of allylic oxidation sites excluding steroid dienone is 1. The lowest BCUT2D eigenvalue weighted by atomic mass is 10.0. The fourth-order valence-corrected chi connectivity index (χ4v) is 0.938. The van der Waals surface area contributed by atoms with Crippen molar-refractivity contribution < 1.29 is 4.39 Å². The van der Waals surface area contributed by atoms with Gasteiger partial charge in [0.05, 0.1) is 0 Å². The minimum absolute atomic E-state index is 0.0174. The van der Waals surface area contributed by atoms with E-state index in [0.29, 0.717) is 0 Å². The summed E-state index contributed by atoms with van der Waals surface area (Å²) in [5.41, 5.74) is 0. The van der Waals surface area contributed by atoms with Gasteiger partial charge in [-0.05, 0) is 6.42 Å². The predicted molar refractivity (Wildman–Crippen MR) is 47.0 cm³/mol. The van der Waals surface area contributed by atoms with Crippen LogP contribution in [0.4, 0.5) is 4.39 Å². The van der Waals surface area contributed by atoms with Crippen molar-refractivity contribution in [2.75, 3.05) is 13.6 Å². The molecule has 0 aromatic carbocycles. The summed E-state index contributed by atoms with van der Waals surface area (Å²) in [5, 5.41) is 0. The highest BCUT2D eigenvalue weighted by molar-refractivity contribution is 4.99. The van der Waals surface area contributed by atoms with Gasteiger partial charge in [-0.2, -0.15) is 0 Å². The topological polar surface area (TPSA) is 3.24 Å². The molecule has 11 heavy (non-hydrogen) atoms. The normalized spacial score (nSPS) is 23.5. The second kappa shape index (κ2) is 5.16. The second-order valence-corrected chi connectivity index (χ2v) is 2.68. The minimum atomic E-state index is 0.0174. The molecule has 1 heterocycles. The van der Waals surface area contributed by atoms with Crippen LogP contribution in [0, 0.1) is 5.92 Å².